The van der Waals surface area contributed by atoms with Crippen molar-refractivity contribution in [3.05, 3.63) is 11.1 Å². The zero-order chi connectivity index (χ0) is 15.0. The third-order valence-electron chi connectivity index (χ3n) is 3.32. The van der Waals surface area contributed by atoms with Gasteiger partial charge in [0.25, 0.3) is 0 Å². The molecule has 1 N–H and O–H groups in total. The second-order valence-electron chi connectivity index (χ2n) is 6.25. The van der Waals surface area contributed by atoms with Gasteiger partial charge in [-0.3, -0.25) is 0 Å². The van der Waals surface area contributed by atoms with Crippen molar-refractivity contribution in [1.29, 1.82) is 0 Å². The van der Waals surface area contributed by atoms with Gasteiger partial charge in [0, 0.05) is 25.0 Å². The largest absolute Gasteiger partial charge is 0.348 e. The molecule has 0 saturated carbocycles. The predicted octanol–water partition coefficient (Wildman–Crippen LogP) is 4.15. The van der Waals surface area contributed by atoms with Crippen LogP contribution >= 0.6 is 11.3 Å². The summed E-state index contributed by atoms with van der Waals surface area (Å²) in [5.41, 5.74) is 1.17. The van der Waals surface area contributed by atoms with Crippen LogP contribution in [-0.4, -0.2) is 24.6 Å². The summed E-state index contributed by atoms with van der Waals surface area (Å²) < 4.78 is 0. The van der Waals surface area contributed by atoms with E-state index in [1.165, 1.54) is 23.7 Å². The fourth-order valence-electron chi connectivity index (χ4n) is 1.91. The van der Waals surface area contributed by atoms with Crippen molar-refractivity contribution < 1.29 is 0 Å². The van der Waals surface area contributed by atoms with E-state index in [-0.39, 0.29) is 0 Å². The summed E-state index contributed by atoms with van der Waals surface area (Å²) in [5.74, 6) is 1.50. The lowest BCUT2D eigenvalue weighted by Gasteiger charge is -2.23. The van der Waals surface area contributed by atoms with Crippen molar-refractivity contribution in [3.8, 4) is 0 Å². The third kappa shape index (κ3) is 6.71. The maximum absolute atomic E-state index is 4.79. The number of hydrogen-bond donors (Lipinski definition) is 1. The zero-order valence-corrected chi connectivity index (χ0v) is 14.6. The molecule has 4 heteroatoms. The molecule has 1 rings (SSSR count). The number of aromatic nitrogens is 1. The lowest BCUT2D eigenvalue weighted by molar-refractivity contribution is 0.534. The highest BCUT2D eigenvalue weighted by Gasteiger charge is 2.12. The molecule has 0 saturated heterocycles. The number of nitrogens with one attached hydrogen (secondary N) is 1. The summed E-state index contributed by atoms with van der Waals surface area (Å²) >= 11 is 1.79. The molecule has 1 aromatic heterocycles. The Morgan fingerprint density at radius 3 is 2.25 bits per heavy atom. The van der Waals surface area contributed by atoms with E-state index in [9.17, 15) is 0 Å². The Balaban J connectivity index is 2.62. The first-order valence-corrected chi connectivity index (χ1v) is 8.81. The summed E-state index contributed by atoms with van der Waals surface area (Å²) in [4.78, 5) is 7.26. The first-order valence-electron chi connectivity index (χ1n) is 7.93. The molecule has 0 aliphatic rings. The number of thiazole rings is 1. The van der Waals surface area contributed by atoms with Crippen molar-refractivity contribution in [1.82, 2.24) is 10.3 Å². The molecule has 0 aromatic carbocycles. The van der Waals surface area contributed by atoms with Gasteiger partial charge >= 0.3 is 0 Å². The van der Waals surface area contributed by atoms with Crippen molar-refractivity contribution >= 4 is 16.5 Å². The van der Waals surface area contributed by atoms with Gasteiger partial charge in [0.15, 0.2) is 5.13 Å². The molecule has 0 atom stereocenters. The van der Waals surface area contributed by atoms with Gasteiger partial charge in [-0.15, -0.1) is 11.3 Å². The van der Waals surface area contributed by atoms with Crippen LogP contribution in [-0.2, 0) is 6.54 Å². The van der Waals surface area contributed by atoms with E-state index in [0.29, 0.717) is 0 Å². The summed E-state index contributed by atoms with van der Waals surface area (Å²) in [6.45, 7) is 15.4. The van der Waals surface area contributed by atoms with Gasteiger partial charge in [0.05, 0.1) is 5.69 Å². The monoisotopic (exact) mass is 297 g/mol. The fourth-order valence-corrected chi connectivity index (χ4v) is 2.79. The summed E-state index contributed by atoms with van der Waals surface area (Å²) in [7, 11) is 0. The van der Waals surface area contributed by atoms with Crippen molar-refractivity contribution in [3.63, 3.8) is 0 Å². The molecule has 0 amide bonds. The quantitative estimate of drug-likeness (QED) is 0.703. The van der Waals surface area contributed by atoms with Gasteiger partial charge in [0.2, 0.25) is 0 Å². The first kappa shape index (κ1) is 17.4. The van der Waals surface area contributed by atoms with Crippen LogP contribution in [0.5, 0.6) is 0 Å². The first-order chi connectivity index (χ1) is 9.52. The van der Waals surface area contributed by atoms with E-state index in [2.05, 4.69) is 50.2 Å². The molecule has 0 unspecified atom stereocenters. The number of nitrogens with zero attached hydrogens (tertiary/aromatic N) is 2. The van der Waals surface area contributed by atoms with E-state index in [1.807, 2.05) is 0 Å². The van der Waals surface area contributed by atoms with Crippen molar-refractivity contribution in [2.45, 2.75) is 54.0 Å². The molecule has 20 heavy (non-hydrogen) atoms. The molecule has 0 fully saturated rings. The Hall–Kier alpha value is -0.610. The van der Waals surface area contributed by atoms with E-state index in [1.54, 1.807) is 11.3 Å². The molecule has 1 heterocycles. The molecular formula is C16H31N3S. The SMILES string of the molecule is CCNCc1csc(N(CCC(C)C)CCC(C)C)n1. The minimum Gasteiger partial charge on any atom is -0.348 e. The van der Waals surface area contributed by atoms with Crippen LogP contribution in [0.1, 0.15) is 53.2 Å². The van der Waals surface area contributed by atoms with E-state index in [4.69, 9.17) is 4.98 Å². The van der Waals surface area contributed by atoms with Crippen LogP contribution in [0.3, 0.4) is 0 Å². The van der Waals surface area contributed by atoms with Crippen LogP contribution < -0.4 is 10.2 Å². The minimum absolute atomic E-state index is 0.748. The molecule has 116 valence electrons. The predicted molar refractivity (Wildman–Crippen MR) is 90.6 cm³/mol. The maximum atomic E-state index is 4.79. The number of hydrogen-bond acceptors (Lipinski definition) is 4. The van der Waals surface area contributed by atoms with Crippen LogP contribution in [0, 0.1) is 11.8 Å². The Morgan fingerprint density at radius 1 is 1.15 bits per heavy atom. The number of anilines is 1. The molecule has 0 spiro atoms. The van der Waals surface area contributed by atoms with Gasteiger partial charge < -0.3 is 10.2 Å². The Bertz CT molecular complexity index is 348. The summed E-state index contributed by atoms with van der Waals surface area (Å²) in [5, 5.41) is 6.73. The van der Waals surface area contributed by atoms with Gasteiger partial charge in [-0.05, 0) is 31.2 Å². The molecule has 0 aliphatic heterocycles. The molecule has 3 nitrogen and oxygen atoms in total. The fraction of sp³-hybridized carbons (Fsp3) is 0.812. The zero-order valence-electron chi connectivity index (χ0n) is 13.8. The highest BCUT2D eigenvalue weighted by Crippen LogP contribution is 2.22. The molecule has 0 radical (unpaired) electrons. The summed E-state index contributed by atoms with van der Waals surface area (Å²) in [6.07, 6.45) is 2.47. The highest BCUT2D eigenvalue weighted by molar-refractivity contribution is 7.13. The Morgan fingerprint density at radius 2 is 1.75 bits per heavy atom. The normalized spacial score (nSPS) is 11.6. The van der Waals surface area contributed by atoms with E-state index >= 15 is 0 Å². The average Bonchev–Trinajstić information content (AvgIpc) is 2.84. The summed E-state index contributed by atoms with van der Waals surface area (Å²) in [6, 6.07) is 0. The topological polar surface area (TPSA) is 28.2 Å². The number of rotatable bonds is 10. The van der Waals surface area contributed by atoms with Crippen molar-refractivity contribution in [2.24, 2.45) is 11.8 Å². The second kappa shape index (κ2) is 9.35. The van der Waals surface area contributed by atoms with Gasteiger partial charge in [-0.25, -0.2) is 4.98 Å². The molecular weight excluding hydrogens is 266 g/mol. The lowest BCUT2D eigenvalue weighted by Crippen LogP contribution is -2.27. The van der Waals surface area contributed by atoms with Crippen LogP contribution in [0.2, 0.25) is 0 Å². The van der Waals surface area contributed by atoms with E-state index in [0.717, 1.165) is 38.0 Å². The highest BCUT2D eigenvalue weighted by atomic mass is 32.1. The van der Waals surface area contributed by atoms with E-state index < -0.39 is 0 Å². The third-order valence-corrected chi connectivity index (χ3v) is 4.27. The van der Waals surface area contributed by atoms with Crippen LogP contribution in [0.25, 0.3) is 0 Å². The van der Waals surface area contributed by atoms with Crippen LogP contribution in [0.15, 0.2) is 5.38 Å². The Kier molecular flexibility index (Phi) is 8.15. The second-order valence-corrected chi connectivity index (χ2v) is 7.09. The lowest BCUT2D eigenvalue weighted by atomic mass is 10.1. The molecule has 0 bridgehead atoms. The average molecular weight is 298 g/mol. The van der Waals surface area contributed by atoms with Crippen molar-refractivity contribution in [2.75, 3.05) is 24.5 Å². The van der Waals surface area contributed by atoms with Crippen LogP contribution in [0.4, 0.5) is 5.13 Å². The smallest absolute Gasteiger partial charge is 0.185 e. The maximum Gasteiger partial charge on any atom is 0.185 e. The molecule has 1 aromatic rings. The minimum atomic E-state index is 0.748. The van der Waals surface area contributed by atoms with Gasteiger partial charge in [-0.2, -0.15) is 0 Å². The Labute approximate surface area is 128 Å². The standard InChI is InChI=1S/C16H31N3S/c1-6-17-11-15-12-20-16(18-15)19(9-7-13(2)3)10-8-14(4)5/h12-14,17H,6-11H2,1-5H3. The van der Waals surface area contributed by atoms with Gasteiger partial charge in [0.1, 0.15) is 0 Å². The molecule has 0 aliphatic carbocycles. The van der Waals surface area contributed by atoms with Gasteiger partial charge in [-0.1, -0.05) is 34.6 Å².